The number of hydrogen-bond acceptors (Lipinski definition) is 3. The van der Waals surface area contributed by atoms with E-state index in [-0.39, 0.29) is 0 Å². The maximum Gasteiger partial charge on any atom is 0.258 e. The fourth-order valence-corrected chi connectivity index (χ4v) is 16.4. The van der Waals surface area contributed by atoms with Crippen LogP contribution >= 0.6 is 0 Å². The minimum atomic E-state index is -2.05. The Morgan fingerprint density at radius 1 is 0.467 bits per heavy atom. The highest BCUT2D eigenvalue weighted by molar-refractivity contribution is 6.78. The first-order valence-electron chi connectivity index (χ1n) is 11.8. The molecule has 0 unspecified atom stereocenters. The molecule has 0 aromatic heterocycles. The highest BCUT2D eigenvalue weighted by Crippen LogP contribution is 2.46. The Morgan fingerprint density at radius 2 is 0.700 bits per heavy atom. The van der Waals surface area contributed by atoms with E-state index in [1.807, 2.05) is 12.1 Å². The molecule has 1 aromatic carbocycles. The molecular formula is C25H48O3Si2. The quantitative estimate of drug-likeness (QED) is 0.314. The van der Waals surface area contributed by atoms with Gasteiger partial charge in [0.25, 0.3) is 16.6 Å². The molecule has 5 heteroatoms. The van der Waals surface area contributed by atoms with Gasteiger partial charge in [0.1, 0.15) is 17.2 Å². The van der Waals surface area contributed by atoms with Crippen molar-refractivity contribution in [2.24, 2.45) is 0 Å². The largest absolute Gasteiger partial charge is 0.543 e. The fourth-order valence-electron chi connectivity index (χ4n) is 5.90. The standard InChI is InChI=1S/C25H48O3Si2/c1-17(2)29(18(3)4,19(5)6)27-24-14-23(26-13)15-25(16-24)28-30(20(7)8,21(9)10)22(11)12/h14-22H,1-13H3. The highest BCUT2D eigenvalue weighted by Gasteiger charge is 2.48. The summed E-state index contributed by atoms with van der Waals surface area (Å²) in [7, 11) is -2.38. The van der Waals surface area contributed by atoms with Gasteiger partial charge in [0.2, 0.25) is 0 Å². The molecule has 30 heavy (non-hydrogen) atoms. The summed E-state index contributed by atoms with van der Waals surface area (Å²) < 4.78 is 19.6. The summed E-state index contributed by atoms with van der Waals surface area (Å²) >= 11 is 0. The van der Waals surface area contributed by atoms with Crippen molar-refractivity contribution in [3.8, 4) is 17.2 Å². The van der Waals surface area contributed by atoms with E-state index >= 15 is 0 Å². The van der Waals surface area contributed by atoms with Crippen LogP contribution in [0.1, 0.15) is 83.1 Å². The molecular weight excluding hydrogens is 404 g/mol. The summed E-state index contributed by atoms with van der Waals surface area (Å²) in [6.45, 7) is 27.8. The molecule has 0 aliphatic carbocycles. The Bertz CT molecular complexity index is 571. The second-order valence-corrected chi connectivity index (χ2v) is 21.4. The van der Waals surface area contributed by atoms with E-state index in [9.17, 15) is 0 Å². The first kappa shape index (κ1) is 27.1. The first-order valence-corrected chi connectivity index (χ1v) is 16.1. The zero-order valence-corrected chi connectivity index (χ0v) is 23.9. The Hall–Kier alpha value is -0.946. The Labute approximate surface area is 189 Å². The molecule has 0 bridgehead atoms. The third kappa shape index (κ3) is 5.27. The molecule has 0 radical (unpaired) electrons. The van der Waals surface area contributed by atoms with Crippen LogP contribution in [-0.4, -0.2) is 23.7 Å². The first-order chi connectivity index (χ1) is 13.7. The predicted molar refractivity (Wildman–Crippen MR) is 136 cm³/mol. The third-order valence-electron chi connectivity index (χ3n) is 7.09. The summed E-state index contributed by atoms with van der Waals surface area (Å²) in [5, 5.41) is 0. The Balaban J connectivity index is 3.52. The van der Waals surface area contributed by atoms with Crippen molar-refractivity contribution < 1.29 is 13.6 Å². The van der Waals surface area contributed by atoms with Gasteiger partial charge in [-0.1, -0.05) is 83.1 Å². The average molecular weight is 453 g/mol. The third-order valence-corrected chi connectivity index (χ3v) is 19.1. The van der Waals surface area contributed by atoms with Crippen molar-refractivity contribution in [1.29, 1.82) is 0 Å². The molecule has 0 spiro atoms. The van der Waals surface area contributed by atoms with E-state index in [2.05, 4.69) is 89.2 Å². The lowest BCUT2D eigenvalue weighted by molar-refractivity contribution is 0.403. The van der Waals surface area contributed by atoms with Gasteiger partial charge in [-0.15, -0.1) is 0 Å². The highest BCUT2D eigenvalue weighted by atomic mass is 28.4. The number of methoxy groups -OCH3 is 1. The monoisotopic (exact) mass is 452 g/mol. The minimum Gasteiger partial charge on any atom is -0.543 e. The lowest BCUT2D eigenvalue weighted by atomic mass is 10.3. The number of ether oxygens (including phenoxy) is 1. The Kier molecular flexibility index (Phi) is 9.55. The average Bonchev–Trinajstić information content (AvgIpc) is 2.61. The molecule has 0 atom stereocenters. The summed E-state index contributed by atoms with van der Waals surface area (Å²) in [5.74, 6) is 2.60. The molecule has 0 amide bonds. The van der Waals surface area contributed by atoms with Crippen LogP contribution < -0.4 is 13.6 Å². The van der Waals surface area contributed by atoms with Crippen molar-refractivity contribution in [3.63, 3.8) is 0 Å². The van der Waals surface area contributed by atoms with E-state index < -0.39 is 16.6 Å². The topological polar surface area (TPSA) is 27.7 Å². The molecule has 3 nitrogen and oxygen atoms in total. The normalized spacial score (nSPS) is 13.3. The SMILES string of the molecule is COc1cc(O[Si](C(C)C)(C(C)C)C(C)C)cc(O[Si](C(C)C)(C(C)C)C(C)C)c1. The number of hydrogen-bond donors (Lipinski definition) is 0. The van der Waals surface area contributed by atoms with Gasteiger partial charge in [-0.2, -0.15) is 0 Å². The smallest absolute Gasteiger partial charge is 0.258 e. The molecule has 0 saturated carbocycles. The molecule has 1 aromatic rings. The predicted octanol–water partition coefficient (Wildman–Crippen LogP) is 8.80. The van der Waals surface area contributed by atoms with Gasteiger partial charge in [-0.3, -0.25) is 0 Å². The van der Waals surface area contributed by atoms with Crippen LogP contribution in [0.3, 0.4) is 0 Å². The van der Waals surface area contributed by atoms with Crippen LogP contribution in [0.15, 0.2) is 18.2 Å². The fraction of sp³-hybridized carbons (Fsp3) is 0.760. The number of benzene rings is 1. The van der Waals surface area contributed by atoms with Crippen LogP contribution in [-0.2, 0) is 0 Å². The second kappa shape index (κ2) is 10.6. The summed E-state index contributed by atoms with van der Waals surface area (Å²) in [5.41, 5.74) is 3.10. The van der Waals surface area contributed by atoms with Gasteiger partial charge in [0, 0.05) is 18.2 Å². The van der Waals surface area contributed by atoms with Crippen molar-refractivity contribution in [3.05, 3.63) is 18.2 Å². The molecule has 0 saturated heterocycles. The van der Waals surface area contributed by atoms with E-state index in [0.29, 0.717) is 33.2 Å². The van der Waals surface area contributed by atoms with Crippen LogP contribution in [0.2, 0.25) is 33.2 Å². The van der Waals surface area contributed by atoms with Gasteiger partial charge in [-0.05, 0) is 33.2 Å². The van der Waals surface area contributed by atoms with Crippen molar-refractivity contribution in [2.45, 2.75) is 116 Å². The van der Waals surface area contributed by atoms with E-state index in [0.717, 1.165) is 17.2 Å². The van der Waals surface area contributed by atoms with Gasteiger partial charge in [-0.25, -0.2) is 0 Å². The summed E-state index contributed by atoms with van der Waals surface area (Å²) in [6, 6.07) is 6.18. The van der Waals surface area contributed by atoms with Gasteiger partial charge >= 0.3 is 0 Å². The molecule has 0 N–H and O–H groups in total. The van der Waals surface area contributed by atoms with Crippen LogP contribution in [0.25, 0.3) is 0 Å². The Morgan fingerprint density at radius 3 is 0.900 bits per heavy atom. The summed E-state index contributed by atoms with van der Waals surface area (Å²) in [6.07, 6.45) is 0. The zero-order valence-electron chi connectivity index (χ0n) is 21.9. The van der Waals surface area contributed by atoms with Crippen LogP contribution in [0.4, 0.5) is 0 Å². The molecule has 174 valence electrons. The van der Waals surface area contributed by atoms with Gasteiger partial charge in [0.05, 0.1) is 7.11 Å². The molecule has 0 heterocycles. The molecule has 0 aliphatic heterocycles. The summed E-state index contributed by atoms with van der Waals surface area (Å²) in [4.78, 5) is 0. The zero-order chi connectivity index (χ0) is 23.4. The van der Waals surface area contributed by atoms with E-state index in [1.54, 1.807) is 7.11 Å². The molecule has 1 rings (SSSR count). The van der Waals surface area contributed by atoms with Crippen LogP contribution in [0, 0.1) is 0 Å². The lowest BCUT2D eigenvalue weighted by Gasteiger charge is -2.43. The van der Waals surface area contributed by atoms with E-state index in [4.69, 9.17) is 13.6 Å². The van der Waals surface area contributed by atoms with Crippen molar-refractivity contribution in [2.75, 3.05) is 7.11 Å². The maximum absolute atomic E-state index is 6.96. The minimum absolute atomic E-state index is 0.517. The number of rotatable bonds is 11. The van der Waals surface area contributed by atoms with Crippen molar-refractivity contribution in [1.82, 2.24) is 0 Å². The maximum atomic E-state index is 6.96. The second-order valence-electron chi connectivity index (χ2n) is 10.7. The molecule has 0 aliphatic rings. The van der Waals surface area contributed by atoms with E-state index in [1.165, 1.54) is 0 Å². The lowest BCUT2D eigenvalue weighted by Crippen LogP contribution is -2.51. The van der Waals surface area contributed by atoms with Crippen LogP contribution in [0.5, 0.6) is 17.2 Å². The van der Waals surface area contributed by atoms with Gasteiger partial charge in [0.15, 0.2) is 0 Å². The van der Waals surface area contributed by atoms with Gasteiger partial charge < -0.3 is 13.6 Å². The van der Waals surface area contributed by atoms with Crippen molar-refractivity contribution >= 4 is 16.6 Å². The molecule has 0 fully saturated rings.